The Bertz CT molecular complexity index is 531. The smallest absolute Gasteiger partial charge is 0.123 e. The van der Waals surface area contributed by atoms with E-state index < -0.39 is 0 Å². The minimum absolute atomic E-state index is 0.261. The summed E-state index contributed by atoms with van der Waals surface area (Å²) in [7, 11) is 0. The van der Waals surface area contributed by atoms with E-state index in [1.165, 1.54) is 17.7 Å². The fourth-order valence-corrected chi connectivity index (χ4v) is 2.04. The van der Waals surface area contributed by atoms with Crippen LogP contribution in [0.5, 0.6) is 0 Å². The molecule has 0 aliphatic carbocycles. The molecule has 0 radical (unpaired) electrons. The Morgan fingerprint density at radius 1 is 1.05 bits per heavy atom. The molecule has 0 atom stereocenters. The number of nitrogens with two attached hydrogens (primary N) is 1. The van der Waals surface area contributed by atoms with Gasteiger partial charge in [0, 0.05) is 25.5 Å². The molecular weight excluding hydrogens is 255 g/mol. The summed E-state index contributed by atoms with van der Waals surface area (Å²) in [5.74, 6) is -0.261. The molecule has 0 unspecified atom stereocenters. The monoisotopic (exact) mass is 274 g/mol. The van der Waals surface area contributed by atoms with E-state index in [1.54, 1.807) is 12.4 Å². The first-order valence-corrected chi connectivity index (χ1v) is 6.73. The molecule has 20 heavy (non-hydrogen) atoms. The maximum atomic E-state index is 13.3. The van der Waals surface area contributed by atoms with Crippen LogP contribution < -0.4 is 5.73 Å². The van der Waals surface area contributed by atoms with E-state index in [9.17, 15) is 4.39 Å². The van der Waals surface area contributed by atoms with Gasteiger partial charge in [0.2, 0.25) is 0 Å². The number of halogens is 1. The first kappa shape index (κ1) is 14.6. The second kappa shape index (κ2) is 7.72. The highest BCUT2D eigenvalue weighted by atomic mass is 19.1. The summed E-state index contributed by atoms with van der Waals surface area (Å²) in [4.78, 5) is 3.98. The number of hydrogen-bond acceptors (Lipinski definition) is 3. The van der Waals surface area contributed by atoms with Gasteiger partial charge in [0.25, 0.3) is 0 Å². The molecule has 0 fully saturated rings. The van der Waals surface area contributed by atoms with Gasteiger partial charge in [0.1, 0.15) is 5.82 Å². The van der Waals surface area contributed by atoms with Crippen LogP contribution >= 0.6 is 0 Å². The van der Waals surface area contributed by atoms with Crippen molar-refractivity contribution in [2.24, 2.45) is 5.73 Å². The van der Waals surface area contributed by atoms with Crippen LogP contribution in [0.25, 0.3) is 0 Å². The van der Waals surface area contributed by atoms with Gasteiger partial charge < -0.3 is 10.5 Å². The van der Waals surface area contributed by atoms with Crippen LogP contribution in [0.15, 0.2) is 42.7 Å². The van der Waals surface area contributed by atoms with Gasteiger partial charge >= 0.3 is 0 Å². The average Bonchev–Trinajstić information content (AvgIpc) is 2.47. The standard InChI is InChI=1S/C16H19FN2O/c17-16-9-14(11-18)8-15(10-16)12-20-7-1-2-13-3-5-19-6-4-13/h3-6,8-10H,1-2,7,11-12,18H2. The van der Waals surface area contributed by atoms with Gasteiger partial charge in [0.15, 0.2) is 0 Å². The number of hydrogen-bond donors (Lipinski definition) is 1. The normalized spacial score (nSPS) is 10.7. The summed E-state index contributed by atoms with van der Waals surface area (Å²) in [6.07, 6.45) is 5.47. The lowest BCUT2D eigenvalue weighted by Gasteiger charge is -2.07. The lowest BCUT2D eigenvalue weighted by molar-refractivity contribution is 0.118. The highest BCUT2D eigenvalue weighted by molar-refractivity contribution is 5.24. The quantitative estimate of drug-likeness (QED) is 0.790. The third kappa shape index (κ3) is 4.72. The third-order valence-corrected chi connectivity index (χ3v) is 3.03. The number of benzene rings is 1. The molecular formula is C16H19FN2O. The van der Waals surface area contributed by atoms with Gasteiger partial charge in [0.05, 0.1) is 6.61 Å². The predicted molar refractivity (Wildman–Crippen MR) is 76.5 cm³/mol. The molecule has 4 heteroatoms. The fraction of sp³-hybridized carbons (Fsp3) is 0.312. The predicted octanol–water partition coefficient (Wildman–Crippen LogP) is 2.83. The molecule has 0 saturated carbocycles. The molecule has 106 valence electrons. The van der Waals surface area contributed by atoms with E-state index in [0.29, 0.717) is 19.8 Å². The van der Waals surface area contributed by atoms with Crippen LogP contribution in [-0.2, 0) is 24.3 Å². The topological polar surface area (TPSA) is 48.1 Å². The molecule has 1 heterocycles. The molecule has 0 spiro atoms. The summed E-state index contributed by atoms with van der Waals surface area (Å²) in [6, 6.07) is 8.82. The molecule has 0 aliphatic heterocycles. The van der Waals surface area contributed by atoms with Gasteiger partial charge in [-0.2, -0.15) is 0 Å². The van der Waals surface area contributed by atoms with Crippen molar-refractivity contribution in [2.45, 2.75) is 26.0 Å². The van der Waals surface area contributed by atoms with Gasteiger partial charge in [-0.25, -0.2) is 4.39 Å². The van der Waals surface area contributed by atoms with E-state index in [2.05, 4.69) is 4.98 Å². The molecule has 0 bridgehead atoms. The molecule has 0 saturated heterocycles. The molecule has 2 rings (SSSR count). The maximum absolute atomic E-state index is 13.3. The summed E-state index contributed by atoms with van der Waals surface area (Å²) < 4.78 is 18.9. The first-order valence-electron chi connectivity index (χ1n) is 6.73. The second-order valence-electron chi connectivity index (χ2n) is 4.68. The van der Waals surface area contributed by atoms with Crippen LogP contribution in [0.3, 0.4) is 0 Å². The zero-order valence-corrected chi connectivity index (χ0v) is 11.4. The summed E-state index contributed by atoms with van der Waals surface area (Å²) in [5.41, 5.74) is 8.39. The zero-order valence-electron chi connectivity index (χ0n) is 11.4. The number of aromatic nitrogens is 1. The number of nitrogens with zero attached hydrogens (tertiary/aromatic N) is 1. The minimum atomic E-state index is -0.261. The Morgan fingerprint density at radius 3 is 2.55 bits per heavy atom. The van der Waals surface area contributed by atoms with Crippen molar-refractivity contribution < 1.29 is 9.13 Å². The lowest BCUT2D eigenvalue weighted by atomic mass is 10.1. The largest absolute Gasteiger partial charge is 0.377 e. The average molecular weight is 274 g/mol. The SMILES string of the molecule is NCc1cc(F)cc(COCCCc2ccncc2)c1. The van der Waals surface area contributed by atoms with Crippen LogP contribution in [0, 0.1) is 5.82 Å². The van der Waals surface area contributed by atoms with E-state index in [4.69, 9.17) is 10.5 Å². The summed E-state index contributed by atoms with van der Waals surface area (Å²) in [6.45, 7) is 1.41. The Kier molecular flexibility index (Phi) is 5.65. The van der Waals surface area contributed by atoms with Crippen LogP contribution in [0.4, 0.5) is 4.39 Å². The third-order valence-electron chi connectivity index (χ3n) is 3.03. The molecule has 3 nitrogen and oxygen atoms in total. The van der Waals surface area contributed by atoms with Crippen molar-refractivity contribution in [1.29, 1.82) is 0 Å². The zero-order chi connectivity index (χ0) is 14.2. The van der Waals surface area contributed by atoms with E-state index >= 15 is 0 Å². The van der Waals surface area contributed by atoms with Gasteiger partial charge in [-0.1, -0.05) is 6.07 Å². The maximum Gasteiger partial charge on any atom is 0.123 e. The highest BCUT2D eigenvalue weighted by Crippen LogP contribution is 2.10. The Balaban J connectivity index is 1.72. The number of aryl methyl sites for hydroxylation is 1. The molecule has 0 aliphatic rings. The molecule has 2 aromatic rings. The molecule has 2 N–H and O–H groups in total. The van der Waals surface area contributed by atoms with Crippen molar-refractivity contribution in [3.63, 3.8) is 0 Å². The molecule has 1 aromatic carbocycles. The Labute approximate surface area is 118 Å². The molecule has 0 amide bonds. The van der Waals surface area contributed by atoms with Crippen molar-refractivity contribution in [3.8, 4) is 0 Å². The van der Waals surface area contributed by atoms with Crippen LogP contribution in [-0.4, -0.2) is 11.6 Å². The van der Waals surface area contributed by atoms with Crippen LogP contribution in [0.2, 0.25) is 0 Å². The van der Waals surface area contributed by atoms with E-state index in [1.807, 2.05) is 18.2 Å². The van der Waals surface area contributed by atoms with Gasteiger partial charge in [-0.3, -0.25) is 4.98 Å². The van der Waals surface area contributed by atoms with E-state index in [0.717, 1.165) is 24.0 Å². The van der Waals surface area contributed by atoms with Crippen molar-refractivity contribution in [2.75, 3.05) is 6.61 Å². The molecule has 1 aromatic heterocycles. The number of ether oxygens (including phenoxy) is 1. The van der Waals surface area contributed by atoms with Crippen LogP contribution in [0.1, 0.15) is 23.1 Å². The second-order valence-corrected chi connectivity index (χ2v) is 4.68. The van der Waals surface area contributed by atoms with Crippen molar-refractivity contribution in [1.82, 2.24) is 4.98 Å². The highest BCUT2D eigenvalue weighted by Gasteiger charge is 2.00. The minimum Gasteiger partial charge on any atom is -0.377 e. The first-order chi connectivity index (χ1) is 9.78. The Hall–Kier alpha value is -1.78. The Morgan fingerprint density at radius 2 is 1.80 bits per heavy atom. The van der Waals surface area contributed by atoms with E-state index in [-0.39, 0.29) is 5.82 Å². The summed E-state index contributed by atoms with van der Waals surface area (Å²) >= 11 is 0. The van der Waals surface area contributed by atoms with Gasteiger partial charge in [-0.05, 0) is 53.8 Å². The number of rotatable bonds is 7. The lowest BCUT2D eigenvalue weighted by Crippen LogP contribution is -2.01. The van der Waals surface area contributed by atoms with Crippen molar-refractivity contribution >= 4 is 0 Å². The number of pyridine rings is 1. The summed E-state index contributed by atoms with van der Waals surface area (Å²) in [5, 5.41) is 0. The van der Waals surface area contributed by atoms with Gasteiger partial charge in [-0.15, -0.1) is 0 Å². The van der Waals surface area contributed by atoms with Crippen molar-refractivity contribution in [3.05, 3.63) is 65.2 Å². The fourth-order valence-electron chi connectivity index (χ4n) is 2.04.